The predicted molar refractivity (Wildman–Crippen MR) is 80.0 cm³/mol. The third-order valence-corrected chi connectivity index (χ3v) is 3.17. The van der Waals surface area contributed by atoms with Gasteiger partial charge in [-0.05, 0) is 18.4 Å². The van der Waals surface area contributed by atoms with E-state index in [1.807, 2.05) is 30.3 Å². The van der Waals surface area contributed by atoms with Crippen LogP contribution in [0.4, 0.5) is 0 Å². The van der Waals surface area contributed by atoms with Crippen LogP contribution in [-0.4, -0.2) is 38.1 Å². The number of nitrogens with one attached hydrogen (secondary N) is 1. The van der Waals surface area contributed by atoms with Crippen molar-refractivity contribution in [2.75, 3.05) is 14.2 Å². The molecule has 0 heterocycles. The van der Waals surface area contributed by atoms with Gasteiger partial charge in [0.05, 0.1) is 20.6 Å². The van der Waals surface area contributed by atoms with Crippen LogP contribution >= 0.6 is 0 Å². The summed E-state index contributed by atoms with van der Waals surface area (Å²) >= 11 is 0. The van der Waals surface area contributed by atoms with Gasteiger partial charge in [0.25, 0.3) is 0 Å². The molecule has 6 nitrogen and oxygen atoms in total. The maximum Gasteiger partial charge on any atom is 0.328 e. The van der Waals surface area contributed by atoms with Crippen LogP contribution in [0.1, 0.15) is 24.8 Å². The van der Waals surface area contributed by atoms with Crippen molar-refractivity contribution in [3.05, 3.63) is 35.9 Å². The predicted octanol–water partition coefficient (Wildman–Crippen LogP) is 1.23. The fraction of sp³-hybridized carbons (Fsp3) is 0.438. The first-order valence-corrected chi connectivity index (χ1v) is 7.04. The highest BCUT2D eigenvalue weighted by Crippen LogP contribution is 2.07. The summed E-state index contributed by atoms with van der Waals surface area (Å²) in [5.74, 6) is -1.34. The number of methoxy groups -OCH3 is 2. The quantitative estimate of drug-likeness (QED) is 0.731. The largest absolute Gasteiger partial charge is 0.469 e. The summed E-state index contributed by atoms with van der Waals surface area (Å²) in [5.41, 5.74) is 1.07. The molecule has 0 saturated carbocycles. The van der Waals surface area contributed by atoms with Crippen LogP contribution < -0.4 is 5.32 Å². The summed E-state index contributed by atoms with van der Waals surface area (Å²) in [4.78, 5) is 34.5. The van der Waals surface area contributed by atoms with Crippen molar-refractivity contribution in [2.24, 2.45) is 0 Å². The average molecular weight is 307 g/mol. The van der Waals surface area contributed by atoms with Crippen molar-refractivity contribution in [3.63, 3.8) is 0 Å². The van der Waals surface area contributed by atoms with E-state index in [-0.39, 0.29) is 18.7 Å². The molecule has 22 heavy (non-hydrogen) atoms. The second-order valence-corrected chi connectivity index (χ2v) is 4.74. The Kier molecular flexibility index (Phi) is 7.67. The van der Waals surface area contributed by atoms with E-state index in [0.29, 0.717) is 12.8 Å². The molecule has 0 aliphatic heterocycles. The van der Waals surface area contributed by atoms with Gasteiger partial charge in [-0.15, -0.1) is 0 Å². The van der Waals surface area contributed by atoms with Crippen molar-refractivity contribution >= 4 is 17.8 Å². The lowest BCUT2D eigenvalue weighted by Crippen LogP contribution is -2.42. The first-order chi connectivity index (χ1) is 10.6. The topological polar surface area (TPSA) is 81.7 Å². The minimum atomic E-state index is -0.727. The number of hydrogen-bond donors (Lipinski definition) is 1. The number of esters is 2. The lowest BCUT2D eigenvalue weighted by atomic mass is 10.0. The van der Waals surface area contributed by atoms with Crippen molar-refractivity contribution < 1.29 is 23.9 Å². The number of hydrogen-bond acceptors (Lipinski definition) is 5. The smallest absolute Gasteiger partial charge is 0.328 e. The number of benzene rings is 1. The first kappa shape index (κ1) is 17.7. The molecule has 0 bridgehead atoms. The van der Waals surface area contributed by atoms with Crippen molar-refractivity contribution in [1.29, 1.82) is 0 Å². The molecule has 6 heteroatoms. The molecular formula is C16H21NO5. The normalized spacial score (nSPS) is 11.4. The van der Waals surface area contributed by atoms with E-state index in [2.05, 4.69) is 10.1 Å². The van der Waals surface area contributed by atoms with Crippen LogP contribution in [0.25, 0.3) is 0 Å². The van der Waals surface area contributed by atoms with Crippen LogP contribution in [0.5, 0.6) is 0 Å². The lowest BCUT2D eigenvalue weighted by Gasteiger charge is -2.16. The molecule has 0 aliphatic carbocycles. The zero-order valence-electron chi connectivity index (χ0n) is 12.8. The van der Waals surface area contributed by atoms with Crippen LogP contribution in [0.3, 0.4) is 0 Å². The maximum absolute atomic E-state index is 11.8. The fourth-order valence-electron chi connectivity index (χ4n) is 1.93. The third-order valence-electron chi connectivity index (χ3n) is 3.17. The van der Waals surface area contributed by atoms with E-state index < -0.39 is 18.0 Å². The van der Waals surface area contributed by atoms with E-state index in [1.54, 1.807) is 0 Å². The zero-order chi connectivity index (χ0) is 16.4. The number of rotatable bonds is 8. The Morgan fingerprint density at radius 1 is 1.05 bits per heavy atom. The molecular weight excluding hydrogens is 286 g/mol. The SMILES string of the molecule is COC(=O)CCC(=O)N[C@H](CCc1ccccc1)C(=O)OC. The summed E-state index contributed by atoms with van der Waals surface area (Å²) in [7, 11) is 2.54. The highest BCUT2D eigenvalue weighted by atomic mass is 16.5. The summed E-state index contributed by atoms with van der Waals surface area (Å²) in [5, 5.41) is 2.60. The Labute approximate surface area is 129 Å². The van der Waals surface area contributed by atoms with Gasteiger partial charge in [-0.25, -0.2) is 4.79 Å². The van der Waals surface area contributed by atoms with Gasteiger partial charge in [0.15, 0.2) is 0 Å². The number of carbonyl (C=O) groups is 3. The van der Waals surface area contributed by atoms with Gasteiger partial charge in [-0.3, -0.25) is 9.59 Å². The van der Waals surface area contributed by atoms with E-state index in [1.165, 1.54) is 14.2 Å². The van der Waals surface area contributed by atoms with Crippen molar-refractivity contribution in [2.45, 2.75) is 31.7 Å². The third kappa shape index (κ3) is 6.39. The van der Waals surface area contributed by atoms with Gasteiger partial charge in [0, 0.05) is 6.42 Å². The minimum absolute atomic E-state index is 0.0189. The van der Waals surface area contributed by atoms with Crippen molar-refractivity contribution in [1.82, 2.24) is 5.32 Å². The fourth-order valence-corrected chi connectivity index (χ4v) is 1.93. The number of carbonyl (C=O) groups excluding carboxylic acids is 3. The van der Waals surface area contributed by atoms with E-state index in [9.17, 15) is 14.4 Å². The average Bonchev–Trinajstić information content (AvgIpc) is 2.56. The molecule has 1 aromatic carbocycles. The minimum Gasteiger partial charge on any atom is -0.469 e. The Bertz CT molecular complexity index is 501. The number of ether oxygens (including phenoxy) is 2. The first-order valence-electron chi connectivity index (χ1n) is 7.04. The molecule has 0 spiro atoms. The zero-order valence-corrected chi connectivity index (χ0v) is 12.8. The lowest BCUT2D eigenvalue weighted by molar-refractivity contribution is -0.145. The van der Waals surface area contributed by atoms with E-state index >= 15 is 0 Å². The van der Waals surface area contributed by atoms with Gasteiger partial charge >= 0.3 is 11.9 Å². The van der Waals surface area contributed by atoms with Gasteiger partial charge < -0.3 is 14.8 Å². The molecule has 1 atom stereocenters. The molecule has 0 unspecified atom stereocenters. The second-order valence-electron chi connectivity index (χ2n) is 4.74. The Morgan fingerprint density at radius 3 is 2.32 bits per heavy atom. The molecule has 120 valence electrons. The molecule has 1 amide bonds. The highest BCUT2D eigenvalue weighted by Gasteiger charge is 2.21. The molecule has 0 radical (unpaired) electrons. The summed E-state index contributed by atoms with van der Waals surface area (Å²) in [6.07, 6.45) is 1.03. The van der Waals surface area contributed by atoms with Crippen LogP contribution in [0, 0.1) is 0 Å². The Morgan fingerprint density at radius 2 is 1.73 bits per heavy atom. The molecule has 1 N–H and O–H groups in total. The Hall–Kier alpha value is -2.37. The van der Waals surface area contributed by atoms with Gasteiger partial charge in [-0.2, -0.15) is 0 Å². The van der Waals surface area contributed by atoms with Gasteiger partial charge in [-0.1, -0.05) is 30.3 Å². The summed E-state index contributed by atoms with van der Waals surface area (Å²) < 4.78 is 9.17. The molecule has 0 aromatic heterocycles. The van der Waals surface area contributed by atoms with Crippen LogP contribution in [0.15, 0.2) is 30.3 Å². The molecule has 1 rings (SSSR count). The summed E-state index contributed by atoms with van der Waals surface area (Å²) in [6.45, 7) is 0. The van der Waals surface area contributed by atoms with Crippen LogP contribution in [0.2, 0.25) is 0 Å². The van der Waals surface area contributed by atoms with Crippen LogP contribution in [-0.2, 0) is 30.3 Å². The maximum atomic E-state index is 11.8. The highest BCUT2D eigenvalue weighted by molar-refractivity contribution is 5.86. The molecule has 0 saturated heterocycles. The van der Waals surface area contributed by atoms with E-state index in [4.69, 9.17) is 4.74 Å². The standard InChI is InChI=1S/C16H21NO5/c1-21-15(19)11-10-14(18)17-13(16(20)22-2)9-8-12-6-4-3-5-7-12/h3-7,13H,8-11H2,1-2H3,(H,17,18)/t13-/m1/s1. The van der Waals surface area contributed by atoms with Crippen molar-refractivity contribution in [3.8, 4) is 0 Å². The number of aryl methyl sites for hydroxylation is 1. The molecule has 1 aromatic rings. The monoisotopic (exact) mass is 307 g/mol. The second kappa shape index (κ2) is 9.55. The summed E-state index contributed by atoms with van der Waals surface area (Å²) in [6, 6.07) is 8.92. The molecule has 0 aliphatic rings. The number of amides is 1. The Balaban J connectivity index is 2.51. The van der Waals surface area contributed by atoms with E-state index in [0.717, 1.165) is 5.56 Å². The van der Waals surface area contributed by atoms with Gasteiger partial charge in [0.2, 0.25) is 5.91 Å². The van der Waals surface area contributed by atoms with Gasteiger partial charge in [0.1, 0.15) is 6.04 Å². The molecule has 0 fully saturated rings.